The maximum atomic E-state index is 14.1. The molecule has 1 fully saturated rings. The molecular weight excluding hydrogens is 498 g/mol. The molecule has 0 bridgehead atoms. The summed E-state index contributed by atoms with van der Waals surface area (Å²) < 4.78 is 0. The quantitative estimate of drug-likeness (QED) is 0.188. The molecule has 1 unspecified atom stereocenters. The Labute approximate surface area is 231 Å². The van der Waals surface area contributed by atoms with Crippen LogP contribution >= 0.6 is 11.6 Å². The molecular formula is C30H38ClN5O2. The van der Waals surface area contributed by atoms with Crippen molar-refractivity contribution in [3.8, 4) is 0 Å². The molecule has 4 N–H and O–H groups in total. The van der Waals surface area contributed by atoms with Gasteiger partial charge in [0, 0.05) is 6.07 Å². The van der Waals surface area contributed by atoms with E-state index >= 15 is 0 Å². The van der Waals surface area contributed by atoms with E-state index in [1.165, 1.54) is 0 Å². The van der Waals surface area contributed by atoms with Gasteiger partial charge in [-0.05, 0) is 67.2 Å². The third-order valence-corrected chi connectivity index (χ3v) is 8.58. The molecule has 1 amide bonds. The van der Waals surface area contributed by atoms with Gasteiger partial charge in [-0.1, -0.05) is 70.0 Å². The van der Waals surface area contributed by atoms with Crippen molar-refractivity contribution in [2.45, 2.75) is 77.9 Å². The number of benzene rings is 1. The molecule has 0 saturated heterocycles. The molecule has 7 nitrogen and oxygen atoms in total. The Morgan fingerprint density at radius 3 is 2.58 bits per heavy atom. The predicted octanol–water partition coefficient (Wildman–Crippen LogP) is 6.33. The van der Waals surface area contributed by atoms with Crippen LogP contribution in [0.4, 0.5) is 5.69 Å². The number of amidine groups is 1. The zero-order valence-corrected chi connectivity index (χ0v) is 23.5. The predicted molar refractivity (Wildman–Crippen MR) is 152 cm³/mol. The Hall–Kier alpha value is -3.08. The van der Waals surface area contributed by atoms with Crippen molar-refractivity contribution in [1.29, 1.82) is 5.41 Å². The molecule has 2 aliphatic rings. The number of carbonyl (C=O) groups is 1. The van der Waals surface area contributed by atoms with E-state index in [0.717, 1.165) is 49.8 Å². The molecule has 0 aromatic heterocycles. The van der Waals surface area contributed by atoms with E-state index in [9.17, 15) is 4.79 Å². The van der Waals surface area contributed by atoms with Gasteiger partial charge in [-0.2, -0.15) is 0 Å². The molecule has 8 heteroatoms. The highest BCUT2D eigenvalue weighted by Crippen LogP contribution is 2.50. The minimum absolute atomic E-state index is 0.00195. The summed E-state index contributed by atoms with van der Waals surface area (Å²) in [4.78, 5) is 26.6. The number of nitrogens with zero attached hydrogens (tertiary/aromatic N) is 2. The Balaban J connectivity index is 1.66. The molecule has 1 aliphatic heterocycles. The highest BCUT2D eigenvalue weighted by molar-refractivity contribution is 6.47. The van der Waals surface area contributed by atoms with Gasteiger partial charge in [0.2, 0.25) is 0 Å². The zero-order valence-electron chi connectivity index (χ0n) is 22.7. The van der Waals surface area contributed by atoms with Crippen molar-refractivity contribution in [2.75, 3.05) is 12.1 Å². The number of amides is 1. The molecule has 1 aliphatic carbocycles. The van der Waals surface area contributed by atoms with E-state index < -0.39 is 5.66 Å². The topological polar surface area (TPSA) is 104 Å². The molecule has 1 spiro atoms. The fourth-order valence-electron chi connectivity index (χ4n) is 5.79. The molecule has 202 valence electrons. The lowest BCUT2D eigenvalue weighted by atomic mass is 9.67. The van der Waals surface area contributed by atoms with Crippen LogP contribution in [0.3, 0.4) is 0 Å². The second kappa shape index (κ2) is 11.3. The SMILES string of the molecule is CCC(c1ccc(NOCC(=N)N)cc1)N1C(=O)C(c2c#ccc(Cl)c2)=NC12CCC(C(C)(C)CC)CC2. The summed E-state index contributed by atoms with van der Waals surface area (Å²) >= 11 is 6.26. The summed E-state index contributed by atoms with van der Waals surface area (Å²) in [5.74, 6) is 0.463. The molecule has 2 aromatic rings. The van der Waals surface area contributed by atoms with Crippen LogP contribution in [-0.4, -0.2) is 34.6 Å². The number of rotatable bonds is 10. The van der Waals surface area contributed by atoms with E-state index in [2.05, 4.69) is 45.3 Å². The lowest BCUT2D eigenvalue weighted by Gasteiger charge is -2.48. The van der Waals surface area contributed by atoms with Crippen molar-refractivity contribution in [1.82, 2.24) is 4.90 Å². The fraction of sp³-hybridized carbons (Fsp3) is 0.500. The summed E-state index contributed by atoms with van der Waals surface area (Å²) in [6.45, 7) is 9.07. The second-order valence-electron chi connectivity index (χ2n) is 11.1. The smallest absolute Gasteiger partial charge is 0.275 e. The van der Waals surface area contributed by atoms with Crippen LogP contribution < -0.4 is 11.2 Å². The molecule has 2 aromatic carbocycles. The van der Waals surface area contributed by atoms with E-state index in [0.29, 0.717) is 22.2 Å². The number of anilines is 1. The molecule has 0 radical (unpaired) electrons. The Kier molecular flexibility index (Phi) is 8.34. The summed E-state index contributed by atoms with van der Waals surface area (Å²) in [5.41, 5.74) is 10.6. The minimum Gasteiger partial charge on any atom is -0.386 e. The molecule has 38 heavy (non-hydrogen) atoms. The van der Waals surface area contributed by atoms with Crippen LogP contribution in [0, 0.1) is 28.9 Å². The molecule has 1 heterocycles. The lowest BCUT2D eigenvalue weighted by molar-refractivity contribution is -0.133. The van der Waals surface area contributed by atoms with Crippen LogP contribution in [0.1, 0.15) is 83.4 Å². The van der Waals surface area contributed by atoms with Crippen molar-refractivity contribution in [3.05, 3.63) is 64.7 Å². The number of nitrogens with two attached hydrogens (primary N) is 1. The first kappa shape index (κ1) is 27.9. The Morgan fingerprint density at radius 2 is 2.00 bits per heavy atom. The van der Waals surface area contributed by atoms with Gasteiger partial charge in [0.15, 0.2) is 0 Å². The fourth-order valence-corrected chi connectivity index (χ4v) is 5.95. The lowest BCUT2D eigenvalue weighted by Crippen LogP contribution is -2.51. The van der Waals surface area contributed by atoms with Crippen LogP contribution in [0.25, 0.3) is 0 Å². The highest BCUT2D eigenvalue weighted by Gasteiger charge is 2.52. The average Bonchev–Trinajstić information content (AvgIpc) is 3.17. The van der Waals surface area contributed by atoms with Gasteiger partial charge in [0.25, 0.3) is 5.91 Å². The number of aliphatic imine (C=N–C) groups is 1. The van der Waals surface area contributed by atoms with Gasteiger partial charge >= 0.3 is 0 Å². The van der Waals surface area contributed by atoms with Gasteiger partial charge in [-0.3, -0.25) is 25.5 Å². The summed E-state index contributed by atoms with van der Waals surface area (Å²) in [6.07, 6.45) is 5.59. The average molecular weight is 536 g/mol. The third-order valence-electron chi connectivity index (χ3n) is 8.36. The summed E-state index contributed by atoms with van der Waals surface area (Å²) in [7, 11) is 0. The maximum absolute atomic E-state index is 14.1. The van der Waals surface area contributed by atoms with E-state index in [1.54, 1.807) is 12.1 Å². The largest absolute Gasteiger partial charge is 0.386 e. The molecule has 1 atom stereocenters. The van der Waals surface area contributed by atoms with E-state index in [4.69, 9.17) is 32.6 Å². The van der Waals surface area contributed by atoms with E-state index in [1.807, 2.05) is 29.2 Å². The van der Waals surface area contributed by atoms with Gasteiger partial charge < -0.3 is 10.6 Å². The number of hydrogen-bond donors (Lipinski definition) is 3. The van der Waals surface area contributed by atoms with Crippen LogP contribution in [0.2, 0.25) is 5.02 Å². The van der Waals surface area contributed by atoms with Crippen molar-refractivity contribution in [2.24, 2.45) is 22.1 Å². The first-order valence-electron chi connectivity index (χ1n) is 13.4. The van der Waals surface area contributed by atoms with Crippen molar-refractivity contribution in [3.63, 3.8) is 0 Å². The Morgan fingerprint density at radius 1 is 1.32 bits per heavy atom. The number of nitrogens with one attached hydrogen (secondary N) is 2. The first-order chi connectivity index (χ1) is 18.1. The van der Waals surface area contributed by atoms with E-state index in [-0.39, 0.29) is 29.8 Å². The molecule has 4 rings (SSSR count). The molecule has 1 saturated carbocycles. The summed E-state index contributed by atoms with van der Waals surface area (Å²) in [6, 6.07) is 17.1. The van der Waals surface area contributed by atoms with Crippen LogP contribution in [0.5, 0.6) is 0 Å². The van der Waals surface area contributed by atoms with Gasteiger partial charge in [-0.15, -0.1) is 0 Å². The zero-order chi connectivity index (χ0) is 27.5. The summed E-state index contributed by atoms with van der Waals surface area (Å²) in [5, 5.41) is 7.80. The monoisotopic (exact) mass is 535 g/mol. The number of carbonyl (C=O) groups excluding carboxylic acids is 1. The van der Waals surface area contributed by atoms with Crippen LogP contribution in [-0.2, 0) is 9.63 Å². The minimum atomic E-state index is -0.592. The van der Waals surface area contributed by atoms with Gasteiger partial charge in [0.05, 0.1) is 22.3 Å². The third kappa shape index (κ3) is 5.67. The number of halogens is 1. The standard InChI is InChI=1S/C30H38ClN5O2/c1-5-25(20-10-12-24(13-11-20)35-38-19-26(32)33)36-28(37)27(21-8-7-9-23(31)18-21)34-30(36)16-14-22(15-17-30)29(3,4)6-2/h9-13,18,22,25,35H,5-6,14-17,19H2,1-4H3,(H3,32,33). The number of hydrogen-bond acceptors (Lipinski definition) is 5. The Bertz CT molecular complexity index is 1190. The second-order valence-corrected chi connectivity index (χ2v) is 11.5. The maximum Gasteiger partial charge on any atom is 0.275 e. The normalized spacial score (nSPS) is 22.2. The van der Waals surface area contributed by atoms with Crippen LogP contribution in [0.15, 0.2) is 41.4 Å². The highest BCUT2D eigenvalue weighted by atomic mass is 35.5. The van der Waals surface area contributed by atoms with Crippen molar-refractivity contribution < 1.29 is 9.63 Å². The van der Waals surface area contributed by atoms with Crippen molar-refractivity contribution >= 4 is 34.7 Å². The van der Waals surface area contributed by atoms with Gasteiger partial charge in [0.1, 0.15) is 23.8 Å². The first-order valence-corrected chi connectivity index (χ1v) is 13.8. The van der Waals surface area contributed by atoms with Gasteiger partial charge in [-0.25, -0.2) is 0 Å².